The smallest absolute Gasteiger partial charge is 0.337 e. The van der Waals surface area contributed by atoms with Crippen LogP contribution in [-0.2, 0) is 9.53 Å². The maximum absolute atomic E-state index is 12.9. The summed E-state index contributed by atoms with van der Waals surface area (Å²) in [4.78, 5) is 33.1. The van der Waals surface area contributed by atoms with E-state index in [0.717, 1.165) is 5.56 Å². The molecule has 1 aliphatic rings. The molecule has 0 amide bonds. The Hall–Kier alpha value is -2.74. The van der Waals surface area contributed by atoms with Crippen LogP contribution in [0, 0.1) is 0 Å². The number of aromatic nitrogens is 2. The molecule has 1 atom stereocenters. The predicted molar refractivity (Wildman–Crippen MR) is 109 cm³/mol. The first-order valence-electron chi connectivity index (χ1n) is 8.86. The first-order valence-corrected chi connectivity index (χ1v) is 10.1. The van der Waals surface area contributed by atoms with Crippen molar-refractivity contribution >= 4 is 23.5 Å². The molecule has 8 heteroatoms. The molecule has 0 spiro atoms. The van der Waals surface area contributed by atoms with Gasteiger partial charge >= 0.3 is 5.97 Å². The number of fused-ring (bicyclic) bond motifs is 1. The number of benzene rings is 1. The van der Waals surface area contributed by atoms with Gasteiger partial charge in [0.05, 0.1) is 30.3 Å². The van der Waals surface area contributed by atoms with Crippen LogP contribution in [0.3, 0.4) is 0 Å². The number of thioether (sulfide) groups is 1. The highest BCUT2D eigenvalue weighted by Crippen LogP contribution is 2.40. The molecule has 2 aromatic rings. The number of H-pyrrole nitrogens is 1. The predicted octanol–water partition coefficient (Wildman–Crippen LogP) is 3.28. The number of anilines is 1. The van der Waals surface area contributed by atoms with Crippen molar-refractivity contribution in [3.63, 3.8) is 0 Å². The minimum Gasteiger partial charge on any atom is -0.497 e. The monoisotopic (exact) mass is 401 g/mol. The summed E-state index contributed by atoms with van der Waals surface area (Å²) >= 11 is 1.34. The Morgan fingerprint density at radius 1 is 1.25 bits per heavy atom. The summed E-state index contributed by atoms with van der Waals surface area (Å²) in [5, 5.41) is 3.62. The number of esters is 1. The molecule has 7 nitrogen and oxygen atoms in total. The number of rotatable bonds is 5. The van der Waals surface area contributed by atoms with Crippen LogP contribution in [0.25, 0.3) is 0 Å². The summed E-state index contributed by atoms with van der Waals surface area (Å²) in [7, 11) is 1.59. The first kappa shape index (κ1) is 20.0. The van der Waals surface area contributed by atoms with E-state index in [1.165, 1.54) is 11.8 Å². The van der Waals surface area contributed by atoms with Gasteiger partial charge in [-0.25, -0.2) is 9.78 Å². The lowest BCUT2D eigenvalue weighted by Crippen LogP contribution is -2.31. The number of aromatic amines is 1. The average Bonchev–Trinajstić information content (AvgIpc) is 2.66. The van der Waals surface area contributed by atoms with Crippen molar-refractivity contribution < 1.29 is 14.3 Å². The van der Waals surface area contributed by atoms with Gasteiger partial charge < -0.3 is 19.8 Å². The normalized spacial score (nSPS) is 15.9. The molecule has 3 rings (SSSR count). The van der Waals surface area contributed by atoms with E-state index in [4.69, 9.17) is 9.47 Å². The number of nitrogens with zero attached hydrogens (tertiary/aromatic N) is 1. The molecule has 28 heavy (non-hydrogen) atoms. The van der Waals surface area contributed by atoms with Gasteiger partial charge in [0.15, 0.2) is 5.16 Å². The molecular formula is C20H23N3O4S. The number of allylic oxidation sites excluding steroid dienone is 1. The van der Waals surface area contributed by atoms with Gasteiger partial charge in [-0.15, -0.1) is 0 Å². The number of ether oxygens (including phenoxy) is 2. The second-order valence-electron chi connectivity index (χ2n) is 6.66. The van der Waals surface area contributed by atoms with Crippen molar-refractivity contribution in [2.75, 3.05) is 18.7 Å². The van der Waals surface area contributed by atoms with Crippen molar-refractivity contribution in [3.05, 3.63) is 57.0 Å². The second kappa shape index (κ2) is 8.10. The fourth-order valence-corrected chi connectivity index (χ4v) is 3.58. The van der Waals surface area contributed by atoms with Crippen molar-refractivity contribution in [1.82, 2.24) is 9.97 Å². The first-order chi connectivity index (χ1) is 13.3. The van der Waals surface area contributed by atoms with E-state index in [0.29, 0.717) is 33.6 Å². The Kier molecular flexibility index (Phi) is 5.79. The van der Waals surface area contributed by atoms with Crippen LogP contribution in [0.5, 0.6) is 5.75 Å². The molecule has 0 saturated heterocycles. The van der Waals surface area contributed by atoms with Crippen molar-refractivity contribution in [2.45, 2.75) is 37.9 Å². The maximum atomic E-state index is 12.9. The van der Waals surface area contributed by atoms with Crippen LogP contribution >= 0.6 is 11.8 Å². The Morgan fingerprint density at radius 2 is 1.93 bits per heavy atom. The summed E-state index contributed by atoms with van der Waals surface area (Å²) in [6.07, 6.45) is 1.56. The van der Waals surface area contributed by atoms with Crippen LogP contribution in [0.1, 0.15) is 37.8 Å². The van der Waals surface area contributed by atoms with E-state index in [2.05, 4.69) is 15.3 Å². The fraction of sp³-hybridized carbons (Fsp3) is 0.350. The Labute approximate surface area is 167 Å². The molecule has 0 aliphatic carbocycles. The number of carbonyl (C=O) groups excluding carboxylic acids is 1. The summed E-state index contributed by atoms with van der Waals surface area (Å²) in [6.45, 7) is 5.37. The van der Waals surface area contributed by atoms with Crippen LogP contribution in [0.15, 0.2) is 45.5 Å². The van der Waals surface area contributed by atoms with E-state index >= 15 is 0 Å². The van der Waals surface area contributed by atoms with Gasteiger partial charge in [0.1, 0.15) is 11.6 Å². The Balaban J connectivity index is 2.21. The van der Waals surface area contributed by atoms with Crippen LogP contribution in [-0.4, -0.2) is 35.4 Å². The lowest BCUT2D eigenvalue weighted by atomic mass is 9.82. The molecule has 2 N–H and O–H groups in total. The highest BCUT2D eigenvalue weighted by Gasteiger charge is 2.36. The molecule has 1 unspecified atom stereocenters. The molecule has 0 bridgehead atoms. The molecular weight excluding hydrogens is 378 g/mol. The molecule has 148 valence electrons. The highest BCUT2D eigenvalue weighted by molar-refractivity contribution is 7.98. The number of hydrogen-bond acceptors (Lipinski definition) is 7. The van der Waals surface area contributed by atoms with Gasteiger partial charge in [0.25, 0.3) is 5.56 Å². The molecule has 1 aromatic heterocycles. The fourth-order valence-electron chi connectivity index (χ4n) is 3.21. The standard InChI is InChI=1S/C20H23N3O4S/c1-10(2)27-19(25)14-11(3)21-17-16(18(24)23-20(22-17)28-5)15(14)12-6-8-13(26-4)9-7-12/h6-10,15H,1-5H3,(H2,21,22,23,24). The topological polar surface area (TPSA) is 93.3 Å². The molecule has 1 aromatic carbocycles. The zero-order valence-corrected chi connectivity index (χ0v) is 17.3. The van der Waals surface area contributed by atoms with Gasteiger partial charge in [-0.1, -0.05) is 23.9 Å². The van der Waals surface area contributed by atoms with E-state index in [1.54, 1.807) is 40.0 Å². The summed E-state index contributed by atoms with van der Waals surface area (Å²) in [5.41, 5.74) is 1.90. The molecule has 0 saturated carbocycles. The SMILES string of the molecule is COc1ccc(C2C(C(=O)OC(C)C)=C(C)Nc3nc(SC)[nH]c(=O)c32)cc1. The molecule has 0 radical (unpaired) electrons. The molecule has 0 fully saturated rings. The van der Waals surface area contributed by atoms with E-state index < -0.39 is 11.9 Å². The molecule has 1 aliphatic heterocycles. The lowest BCUT2D eigenvalue weighted by molar-refractivity contribution is -0.143. The Bertz CT molecular complexity index is 980. The highest BCUT2D eigenvalue weighted by atomic mass is 32.2. The third-order valence-electron chi connectivity index (χ3n) is 4.43. The Morgan fingerprint density at radius 3 is 2.50 bits per heavy atom. The number of nitrogens with one attached hydrogen (secondary N) is 2. The van der Waals surface area contributed by atoms with Gasteiger partial charge in [-0.2, -0.15) is 0 Å². The van der Waals surface area contributed by atoms with Gasteiger partial charge in [0, 0.05) is 5.70 Å². The third kappa shape index (κ3) is 3.77. The summed E-state index contributed by atoms with van der Waals surface area (Å²) in [6, 6.07) is 7.29. The lowest BCUT2D eigenvalue weighted by Gasteiger charge is -2.29. The van der Waals surface area contributed by atoms with Gasteiger partial charge in [-0.3, -0.25) is 4.79 Å². The average molecular weight is 401 g/mol. The zero-order chi connectivity index (χ0) is 20.4. The van der Waals surface area contributed by atoms with Crippen LogP contribution in [0.4, 0.5) is 5.82 Å². The van der Waals surface area contributed by atoms with E-state index in [1.807, 2.05) is 18.4 Å². The minimum atomic E-state index is -0.597. The van der Waals surface area contributed by atoms with Gasteiger partial charge in [0.2, 0.25) is 0 Å². The molecule has 2 heterocycles. The summed E-state index contributed by atoms with van der Waals surface area (Å²) < 4.78 is 10.7. The van der Waals surface area contributed by atoms with E-state index in [-0.39, 0.29) is 11.7 Å². The van der Waals surface area contributed by atoms with Crippen LogP contribution < -0.4 is 15.6 Å². The quantitative estimate of drug-likeness (QED) is 0.451. The zero-order valence-electron chi connectivity index (χ0n) is 16.5. The third-order valence-corrected chi connectivity index (χ3v) is 5.01. The largest absolute Gasteiger partial charge is 0.497 e. The number of hydrogen-bond donors (Lipinski definition) is 2. The van der Waals surface area contributed by atoms with E-state index in [9.17, 15) is 9.59 Å². The second-order valence-corrected chi connectivity index (χ2v) is 7.46. The maximum Gasteiger partial charge on any atom is 0.337 e. The van der Waals surface area contributed by atoms with Crippen molar-refractivity contribution in [1.29, 1.82) is 0 Å². The van der Waals surface area contributed by atoms with Gasteiger partial charge in [-0.05, 0) is 44.7 Å². The van der Waals surface area contributed by atoms with Crippen LogP contribution in [0.2, 0.25) is 0 Å². The number of carbonyl (C=O) groups is 1. The van der Waals surface area contributed by atoms with Crippen molar-refractivity contribution in [2.24, 2.45) is 0 Å². The minimum absolute atomic E-state index is 0.277. The summed E-state index contributed by atoms with van der Waals surface area (Å²) in [5.74, 6) is 0.0857. The van der Waals surface area contributed by atoms with Crippen molar-refractivity contribution in [3.8, 4) is 5.75 Å². The number of methoxy groups -OCH3 is 1.